The highest BCUT2D eigenvalue weighted by Gasteiger charge is 2.49. The quantitative estimate of drug-likeness (QED) is 0.734. The van der Waals surface area contributed by atoms with Gasteiger partial charge in [-0.2, -0.15) is 0 Å². The van der Waals surface area contributed by atoms with Gasteiger partial charge in [-0.3, -0.25) is 0 Å². The van der Waals surface area contributed by atoms with Crippen molar-refractivity contribution in [3.63, 3.8) is 0 Å². The topological polar surface area (TPSA) is 12.0 Å². The zero-order valence-electron chi connectivity index (χ0n) is 11.6. The molecule has 96 valence electrons. The Bertz CT molecular complexity index is 285. The number of likely N-dealkylation sites (N-methyl/N-ethyl adjacent to an activating group) is 1. The lowest BCUT2D eigenvalue weighted by Crippen LogP contribution is -2.51. The minimum Gasteiger partial charge on any atom is -0.313 e. The van der Waals surface area contributed by atoms with Crippen LogP contribution >= 0.6 is 0 Å². The Morgan fingerprint density at radius 1 is 1.00 bits per heavy atom. The van der Waals surface area contributed by atoms with E-state index < -0.39 is 0 Å². The minimum absolute atomic E-state index is 0.634. The molecule has 4 saturated carbocycles. The average Bonchev–Trinajstić information content (AvgIpc) is 2.25. The van der Waals surface area contributed by atoms with Crippen LogP contribution in [0.25, 0.3) is 0 Å². The Labute approximate surface area is 106 Å². The Hall–Kier alpha value is -0.300. The van der Waals surface area contributed by atoms with Gasteiger partial charge in [0.15, 0.2) is 0 Å². The molecule has 17 heavy (non-hydrogen) atoms. The molecule has 4 aliphatic rings. The third-order valence-electron chi connectivity index (χ3n) is 5.56. The first-order valence-electron chi connectivity index (χ1n) is 7.49. The van der Waals surface area contributed by atoms with E-state index >= 15 is 0 Å². The Morgan fingerprint density at radius 2 is 1.53 bits per heavy atom. The monoisotopic (exact) mass is 233 g/mol. The fraction of sp³-hybridized carbons (Fsp3) is 0.875. The van der Waals surface area contributed by atoms with Gasteiger partial charge in [-0.25, -0.2) is 0 Å². The second-order valence-corrected chi connectivity index (χ2v) is 7.07. The van der Waals surface area contributed by atoms with E-state index in [4.69, 9.17) is 0 Å². The van der Waals surface area contributed by atoms with E-state index in [1.807, 2.05) is 0 Å². The van der Waals surface area contributed by atoms with Gasteiger partial charge in [-0.15, -0.1) is 0 Å². The average molecular weight is 233 g/mol. The predicted octanol–water partition coefficient (Wildman–Crippen LogP) is 3.61. The van der Waals surface area contributed by atoms with Crippen molar-refractivity contribution in [2.75, 3.05) is 7.05 Å². The van der Waals surface area contributed by atoms with Crippen LogP contribution < -0.4 is 5.32 Å². The van der Waals surface area contributed by atoms with Crippen molar-refractivity contribution in [3.8, 4) is 0 Å². The fourth-order valence-electron chi connectivity index (χ4n) is 5.30. The van der Waals surface area contributed by atoms with Gasteiger partial charge in [0, 0.05) is 6.04 Å². The lowest BCUT2D eigenvalue weighted by atomic mass is 9.50. The summed E-state index contributed by atoms with van der Waals surface area (Å²) in [5.41, 5.74) is 1.47. The van der Waals surface area contributed by atoms with Gasteiger partial charge in [-0.1, -0.05) is 11.6 Å². The van der Waals surface area contributed by atoms with Gasteiger partial charge < -0.3 is 5.32 Å². The molecule has 4 bridgehead atoms. The maximum absolute atomic E-state index is 3.58. The number of hydrogen-bond acceptors (Lipinski definition) is 1. The highest BCUT2D eigenvalue weighted by molar-refractivity contribution is 5.09. The number of hydrogen-bond donors (Lipinski definition) is 1. The maximum atomic E-state index is 3.58. The Balaban J connectivity index is 1.81. The van der Waals surface area contributed by atoms with Crippen LogP contribution in [0.3, 0.4) is 0 Å². The van der Waals surface area contributed by atoms with E-state index in [1.165, 1.54) is 31.3 Å². The molecule has 0 aliphatic heterocycles. The van der Waals surface area contributed by atoms with Gasteiger partial charge in [-0.05, 0) is 82.6 Å². The molecule has 0 heterocycles. The van der Waals surface area contributed by atoms with Gasteiger partial charge >= 0.3 is 0 Å². The molecule has 0 spiro atoms. The first-order valence-corrected chi connectivity index (χ1v) is 7.49. The zero-order chi connectivity index (χ0) is 12.0. The summed E-state index contributed by atoms with van der Waals surface area (Å²) in [6.07, 6.45) is 10.2. The lowest BCUT2D eigenvalue weighted by molar-refractivity contribution is -0.0445. The summed E-state index contributed by atoms with van der Waals surface area (Å²) < 4.78 is 0. The highest BCUT2D eigenvalue weighted by atomic mass is 14.9. The molecule has 0 aromatic carbocycles. The van der Waals surface area contributed by atoms with Crippen molar-refractivity contribution in [2.24, 2.45) is 29.6 Å². The molecular formula is C16H27N. The van der Waals surface area contributed by atoms with E-state index in [0.29, 0.717) is 6.04 Å². The van der Waals surface area contributed by atoms with Crippen LogP contribution in [0, 0.1) is 29.6 Å². The van der Waals surface area contributed by atoms with Gasteiger partial charge in [0.1, 0.15) is 0 Å². The van der Waals surface area contributed by atoms with Gasteiger partial charge in [0.25, 0.3) is 0 Å². The summed E-state index contributed by atoms with van der Waals surface area (Å²) in [6.45, 7) is 4.47. The van der Waals surface area contributed by atoms with Crippen molar-refractivity contribution < 1.29 is 0 Å². The van der Waals surface area contributed by atoms with Gasteiger partial charge in [0.2, 0.25) is 0 Å². The lowest BCUT2D eigenvalue weighted by Gasteiger charge is -2.56. The zero-order valence-corrected chi connectivity index (χ0v) is 11.6. The normalized spacial score (nSPS) is 44.8. The molecule has 1 N–H and O–H groups in total. The predicted molar refractivity (Wildman–Crippen MR) is 72.8 cm³/mol. The molecular weight excluding hydrogens is 206 g/mol. The summed E-state index contributed by atoms with van der Waals surface area (Å²) in [5.74, 6) is 5.18. The maximum Gasteiger partial charge on any atom is 0.0283 e. The molecule has 4 fully saturated rings. The SMILES string of the molecule is CNC(C=C(C)C)C1C2CC3CC(C2)CC1C3. The van der Waals surface area contributed by atoms with Crippen LogP contribution in [0.5, 0.6) is 0 Å². The van der Waals surface area contributed by atoms with E-state index in [1.54, 1.807) is 6.42 Å². The van der Waals surface area contributed by atoms with E-state index in [9.17, 15) is 0 Å². The van der Waals surface area contributed by atoms with Crippen LogP contribution in [0.2, 0.25) is 0 Å². The van der Waals surface area contributed by atoms with Crippen LogP contribution in [0.15, 0.2) is 11.6 Å². The molecule has 4 rings (SSSR count). The third-order valence-corrected chi connectivity index (χ3v) is 5.56. The Morgan fingerprint density at radius 3 is 1.94 bits per heavy atom. The van der Waals surface area contributed by atoms with Crippen molar-refractivity contribution in [1.82, 2.24) is 5.32 Å². The first-order chi connectivity index (χ1) is 8.17. The highest BCUT2D eigenvalue weighted by Crippen LogP contribution is 2.57. The third kappa shape index (κ3) is 2.07. The van der Waals surface area contributed by atoms with Crippen LogP contribution in [-0.4, -0.2) is 13.1 Å². The van der Waals surface area contributed by atoms with Crippen LogP contribution in [0.4, 0.5) is 0 Å². The standard InChI is InChI=1S/C16H27N/c1-10(2)4-15(17-3)16-13-6-11-5-12(8-13)9-14(16)7-11/h4,11-17H,5-9H2,1-3H3. The summed E-state index contributed by atoms with van der Waals surface area (Å²) >= 11 is 0. The second-order valence-electron chi connectivity index (χ2n) is 7.07. The van der Waals surface area contributed by atoms with Crippen molar-refractivity contribution in [1.29, 1.82) is 0 Å². The summed E-state index contributed by atoms with van der Waals surface area (Å²) in [5, 5.41) is 3.58. The summed E-state index contributed by atoms with van der Waals surface area (Å²) in [7, 11) is 2.15. The smallest absolute Gasteiger partial charge is 0.0283 e. The molecule has 1 atom stereocenters. The molecule has 4 aliphatic carbocycles. The number of allylic oxidation sites excluding steroid dienone is 1. The van der Waals surface area contributed by atoms with E-state index in [-0.39, 0.29) is 0 Å². The fourth-order valence-corrected chi connectivity index (χ4v) is 5.30. The van der Waals surface area contributed by atoms with Crippen molar-refractivity contribution in [2.45, 2.75) is 52.0 Å². The van der Waals surface area contributed by atoms with Crippen LogP contribution in [0.1, 0.15) is 46.0 Å². The molecule has 0 saturated heterocycles. The number of nitrogens with one attached hydrogen (secondary N) is 1. The molecule has 1 heteroatoms. The number of rotatable bonds is 3. The molecule has 0 aromatic heterocycles. The van der Waals surface area contributed by atoms with Gasteiger partial charge in [0.05, 0.1) is 0 Å². The van der Waals surface area contributed by atoms with Crippen molar-refractivity contribution >= 4 is 0 Å². The minimum atomic E-state index is 0.634. The molecule has 1 nitrogen and oxygen atoms in total. The molecule has 0 amide bonds. The van der Waals surface area contributed by atoms with E-state index in [0.717, 1.165) is 29.6 Å². The Kier molecular flexibility index (Phi) is 3.06. The summed E-state index contributed by atoms with van der Waals surface area (Å²) in [6, 6.07) is 0.634. The van der Waals surface area contributed by atoms with Crippen molar-refractivity contribution in [3.05, 3.63) is 11.6 Å². The molecule has 0 radical (unpaired) electrons. The second kappa shape index (κ2) is 4.42. The first kappa shape index (κ1) is 11.8. The van der Waals surface area contributed by atoms with E-state index in [2.05, 4.69) is 32.3 Å². The molecule has 1 unspecified atom stereocenters. The largest absolute Gasteiger partial charge is 0.313 e. The molecule has 0 aromatic rings. The van der Waals surface area contributed by atoms with Crippen LogP contribution in [-0.2, 0) is 0 Å². The summed E-state index contributed by atoms with van der Waals surface area (Å²) in [4.78, 5) is 0.